The van der Waals surface area contributed by atoms with E-state index in [0.717, 1.165) is 29.1 Å². The van der Waals surface area contributed by atoms with Gasteiger partial charge in [0, 0.05) is 31.0 Å². The number of amides is 1. The highest BCUT2D eigenvalue weighted by atomic mass is 79.9. The molecule has 2 N–H and O–H groups in total. The molecule has 104 valence electrons. The lowest BCUT2D eigenvalue weighted by molar-refractivity contribution is -0.120. The molecule has 0 spiro atoms. The smallest absolute Gasteiger partial charge is 0.221 e. The molecule has 0 saturated heterocycles. The number of hydrogen-bond donors (Lipinski definition) is 2. The first-order valence-corrected chi connectivity index (χ1v) is 7.41. The Morgan fingerprint density at radius 1 is 1.47 bits per heavy atom. The van der Waals surface area contributed by atoms with Crippen LogP contribution in [0.2, 0.25) is 0 Å². The summed E-state index contributed by atoms with van der Waals surface area (Å²) in [6, 6.07) is 2.25. The monoisotopic (exact) mass is 326 g/mol. The van der Waals surface area contributed by atoms with E-state index >= 15 is 0 Å². The highest BCUT2D eigenvalue weighted by molar-refractivity contribution is 9.10. The minimum atomic E-state index is 0.104. The van der Waals surface area contributed by atoms with Crippen LogP contribution >= 0.6 is 15.9 Å². The molecule has 0 radical (unpaired) electrons. The molecule has 0 aliphatic heterocycles. The van der Waals surface area contributed by atoms with Gasteiger partial charge in [0.05, 0.1) is 0 Å². The first kappa shape index (κ1) is 14.2. The highest BCUT2D eigenvalue weighted by Gasteiger charge is 2.22. The molecular formula is C13H19BrN4O. The summed E-state index contributed by atoms with van der Waals surface area (Å²) < 4.78 is 0.760. The van der Waals surface area contributed by atoms with Crippen LogP contribution in [0.1, 0.15) is 44.9 Å². The quantitative estimate of drug-likeness (QED) is 0.788. The fourth-order valence-electron chi connectivity index (χ4n) is 1.62. The average molecular weight is 327 g/mol. The Bertz CT molecular complexity index is 460. The van der Waals surface area contributed by atoms with Crippen molar-refractivity contribution in [3.05, 3.63) is 16.5 Å². The number of hydrogen-bond acceptors (Lipinski definition) is 4. The second-order valence-electron chi connectivity index (χ2n) is 5.11. The third-order valence-electron chi connectivity index (χ3n) is 2.83. The van der Waals surface area contributed by atoms with Gasteiger partial charge >= 0.3 is 0 Å². The Morgan fingerprint density at radius 2 is 2.21 bits per heavy atom. The van der Waals surface area contributed by atoms with E-state index in [1.807, 2.05) is 6.07 Å². The normalized spacial score (nSPS) is 14.5. The van der Waals surface area contributed by atoms with E-state index in [2.05, 4.69) is 50.4 Å². The Kier molecular flexibility index (Phi) is 4.74. The second-order valence-corrected chi connectivity index (χ2v) is 5.92. The van der Waals surface area contributed by atoms with Gasteiger partial charge in [0.1, 0.15) is 16.2 Å². The van der Waals surface area contributed by atoms with Crippen molar-refractivity contribution in [1.29, 1.82) is 0 Å². The molecule has 19 heavy (non-hydrogen) atoms. The molecule has 1 aliphatic rings. The number of nitrogens with zero attached hydrogens (tertiary/aromatic N) is 2. The molecule has 2 rings (SSSR count). The summed E-state index contributed by atoms with van der Waals surface area (Å²) in [6.07, 6.45) is 2.71. The summed E-state index contributed by atoms with van der Waals surface area (Å²) in [5.41, 5.74) is 0. The molecule has 6 heteroatoms. The van der Waals surface area contributed by atoms with Crippen LogP contribution in [0.3, 0.4) is 0 Å². The summed E-state index contributed by atoms with van der Waals surface area (Å²) in [5, 5.41) is 6.12. The number of aromatic nitrogens is 2. The number of halogens is 1. The fraction of sp³-hybridized carbons (Fsp3) is 0.615. The van der Waals surface area contributed by atoms with Crippen molar-refractivity contribution in [1.82, 2.24) is 15.3 Å². The lowest BCUT2D eigenvalue weighted by Gasteiger charge is -2.09. The van der Waals surface area contributed by atoms with Crippen LogP contribution in [0.5, 0.6) is 0 Å². The zero-order valence-corrected chi connectivity index (χ0v) is 12.8. The van der Waals surface area contributed by atoms with Gasteiger partial charge in [0.25, 0.3) is 0 Å². The lowest BCUT2D eigenvalue weighted by atomic mass is 10.2. The summed E-state index contributed by atoms with van der Waals surface area (Å²) in [5.74, 6) is 1.92. The molecule has 1 aliphatic carbocycles. The third kappa shape index (κ3) is 4.78. The largest absolute Gasteiger partial charge is 0.369 e. The maximum atomic E-state index is 11.5. The zero-order chi connectivity index (χ0) is 13.8. The molecule has 1 saturated carbocycles. The first-order chi connectivity index (χ1) is 9.04. The molecule has 1 aromatic heterocycles. The molecule has 0 aromatic carbocycles. The standard InChI is InChI=1S/C13H19BrN4O/c1-8(2)13-17-10(14)7-11(18-13)15-6-5-12(19)16-9-3-4-9/h7-9H,3-6H2,1-2H3,(H,16,19)(H,15,17,18). The van der Waals surface area contributed by atoms with Gasteiger partial charge in [-0.05, 0) is 28.8 Å². The molecule has 1 amide bonds. The van der Waals surface area contributed by atoms with Crippen LogP contribution in [-0.2, 0) is 4.79 Å². The Labute approximate surface area is 121 Å². The molecule has 1 heterocycles. The Balaban J connectivity index is 1.82. The number of rotatable bonds is 6. The van der Waals surface area contributed by atoms with Crippen molar-refractivity contribution in [2.75, 3.05) is 11.9 Å². The summed E-state index contributed by atoms with van der Waals surface area (Å²) in [7, 11) is 0. The maximum absolute atomic E-state index is 11.5. The molecule has 0 atom stereocenters. The van der Waals surface area contributed by atoms with E-state index < -0.39 is 0 Å². The lowest BCUT2D eigenvalue weighted by Crippen LogP contribution is -2.27. The average Bonchev–Trinajstić information content (AvgIpc) is 3.12. The van der Waals surface area contributed by atoms with Gasteiger partial charge in [0.2, 0.25) is 5.91 Å². The van der Waals surface area contributed by atoms with E-state index in [9.17, 15) is 4.79 Å². The van der Waals surface area contributed by atoms with Crippen molar-refractivity contribution in [2.24, 2.45) is 0 Å². The minimum absolute atomic E-state index is 0.104. The molecule has 1 aromatic rings. The van der Waals surface area contributed by atoms with E-state index in [-0.39, 0.29) is 11.8 Å². The molecule has 1 fully saturated rings. The van der Waals surface area contributed by atoms with Gasteiger partial charge in [-0.1, -0.05) is 13.8 Å². The highest BCUT2D eigenvalue weighted by Crippen LogP contribution is 2.19. The van der Waals surface area contributed by atoms with E-state index in [1.165, 1.54) is 0 Å². The summed E-state index contributed by atoms with van der Waals surface area (Å²) in [4.78, 5) is 20.3. The van der Waals surface area contributed by atoms with Crippen molar-refractivity contribution in [3.63, 3.8) is 0 Å². The van der Waals surface area contributed by atoms with Gasteiger partial charge in [-0.15, -0.1) is 0 Å². The fourth-order valence-corrected chi connectivity index (χ4v) is 2.01. The van der Waals surface area contributed by atoms with Gasteiger partial charge in [-0.25, -0.2) is 9.97 Å². The van der Waals surface area contributed by atoms with Crippen molar-refractivity contribution < 1.29 is 4.79 Å². The minimum Gasteiger partial charge on any atom is -0.369 e. The summed E-state index contributed by atoms with van der Waals surface area (Å²) in [6.45, 7) is 4.68. The number of nitrogens with one attached hydrogen (secondary N) is 2. The van der Waals surface area contributed by atoms with Crippen molar-refractivity contribution >= 4 is 27.7 Å². The topological polar surface area (TPSA) is 66.9 Å². The van der Waals surface area contributed by atoms with E-state index in [0.29, 0.717) is 19.0 Å². The van der Waals surface area contributed by atoms with Crippen molar-refractivity contribution in [2.45, 2.75) is 45.1 Å². The second kappa shape index (κ2) is 6.32. The van der Waals surface area contributed by atoms with Gasteiger partial charge in [0.15, 0.2) is 0 Å². The van der Waals surface area contributed by atoms with E-state index in [4.69, 9.17) is 0 Å². The number of carbonyl (C=O) groups is 1. The predicted octanol–water partition coefficient (Wildman–Crippen LogP) is 2.44. The third-order valence-corrected chi connectivity index (χ3v) is 3.24. The van der Waals surface area contributed by atoms with Gasteiger partial charge in [-0.2, -0.15) is 0 Å². The number of anilines is 1. The Morgan fingerprint density at radius 3 is 2.84 bits per heavy atom. The van der Waals surface area contributed by atoms with Crippen LogP contribution < -0.4 is 10.6 Å². The van der Waals surface area contributed by atoms with E-state index in [1.54, 1.807) is 0 Å². The maximum Gasteiger partial charge on any atom is 0.221 e. The molecule has 0 unspecified atom stereocenters. The predicted molar refractivity (Wildman–Crippen MR) is 78.1 cm³/mol. The summed E-state index contributed by atoms with van der Waals surface area (Å²) >= 11 is 3.37. The van der Waals surface area contributed by atoms with Crippen LogP contribution in [0.15, 0.2) is 10.7 Å². The van der Waals surface area contributed by atoms with Crippen LogP contribution in [0, 0.1) is 0 Å². The molecule has 5 nitrogen and oxygen atoms in total. The SMILES string of the molecule is CC(C)c1nc(Br)cc(NCCC(=O)NC2CC2)n1. The van der Waals surface area contributed by atoms with Crippen molar-refractivity contribution in [3.8, 4) is 0 Å². The Hall–Kier alpha value is -1.17. The van der Waals surface area contributed by atoms with Gasteiger partial charge < -0.3 is 10.6 Å². The van der Waals surface area contributed by atoms with Crippen LogP contribution in [-0.4, -0.2) is 28.5 Å². The van der Waals surface area contributed by atoms with Crippen LogP contribution in [0.4, 0.5) is 5.82 Å². The zero-order valence-electron chi connectivity index (χ0n) is 11.2. The first-order valence-electron chi connectivity index (χ1n) is 6.62. The molecule has 0 bridgehead atoms. The molecular weight excluding hydrogens is 308 g/mol. The van der Waals surface area contributed by atoms with Gasteiger partial charge in [-0.3, -0.25) is 4.79 Å². The number of carbonyl (C=O) groups excluding carboxylic acids is 1. The van der Waals surface area contributed by atoms with Crippen LogP contribution in [0.25, 0.3) is 0 Å².